The number of carbonyl (C=O) groups is 2. The Kier molecular flexibility index (Phi) is 7.52. The number of anilines is 1. The normalized spacial score (nSPS) is 15.2. The van der Waals surface area contributed by atoms with Crippen LogP contribution < -0.4 is 10.6 Å². The molecule has 0 spiro atoms. The highest BCUT2D eigenvalue weighted by atomic mass is 35.5. The number of nitrogens with one attached hydrogen (secondary N) is 2. The molecule has 1 aliphatic rings. The molecule has 0 aromatic heterocycles. The van der Waals surface area contributed by atoms with Crippen molar-refractivity contribution in [2.24, 2.45) is 11.8 Å². The monoisotopic (exact) mass is 373 g/mol. The number of hydrogen-bond acceptors (Lipinski definition) is 3. The Hall–Kier alpha value is -1.30. The van der Waals surface area contributed by atoms with Gasteiger partial charge in [0.25, 0.3) is 5.91 Å². The summed E-state index contributed by atoms with van der Waals surface area (Å²) in [6.07, 6.45) is 0. The van der Waals surface area contributed by atoms with Crippen LogP contribution in [-0.2, 0) is 4.79 Å². The summed E-state index contributed by atoms with van der Waals surface area (Å²) >= 11 is 6.17. The Balaban J connectivity index is 0.00000288. The summed E-state index contributed by atoms with van der Waals surface area (Å²) in [5.41, 5.74) is 0.998. The molecule has 1 aliphatic heterocycles. The van der Waals surface area contributed by atoms with Crippen LogP contribution in [0.1, 0.15) is 31.1 Å². The van der Waals surface area contributed by atoms with Crippen LogP contribution in [0.15, 0.2) is 18.2 Å². The maximum absolute atomic E-state index is 12.4. The molecule has 134 valence electrons. The summed E-state index contributed by atoms with van der Waals surface area (Å²) in [5.74, 6) is 0.0966. The van der Waals surface area contributed by atoms with Gasteiger partial charge in [-0.05, 0) is 51.1 Å². The third kappa shape index (κ3) is 4.62. The van der Waals surface area contributed by atoms with Crippen LogP contribution in [0.4, 0.5) is 5.69 Å². The number of benzene rings is 1. The van der Waals surface area contributed by atoms with Crippen LogP contribution in [0, 0.1) is 11.8 Å². The van der Waals surface area contributed by atoms with Crippen molar-refractivity contribution in [1.82, 2.24) is 10.2 Å². The van der Waals surface area contributed by atoms with Crippen molar-refractivity contribution >= 4 is 41.5 Å². The van der Waals surface area contributed by atoms with Crippen LogP contribution >= 0.6 is 24.0 Å². The fourth-order valence-corrected chi connectivity index (χ4v) is 2.48. The quantitative estimate of drug-likeness (QED) is 0.833. The molecule has 5 nitrogen and oxygen atoms in total. The van der Waals surface area contributed by atoms with Gasteiger partial charge in [0.05, 0.1) is 10.7 Å². The largest absolute Gasteiger partial charge is 0.339 e. The molecular formula is C17H25Cl2N3O2. The van der Waals surface area contributed by atoms with Crippen molar-refractivity contribution in [2.75, 3.05) is 25.5 Å². The minimum atomic E-state index is -0.0941. The van der Waals surface area contributed by atoms with Crippen LogP contribution in [0.5, 0.6) is 0 Å². The van der Waals surface area contributed by atoms with Gasteiger partial charge in [-0.15, -0.1) is 12.4 Å². The van der Waals surface area contributed by atoms with Crippen LogP contribution in [0.25, 0.3) is 0 Å². The molecule has 0 aliphatic carbocycles. The van der Waals surface area contributed by atoms with Gasteiger partial charge in [0, 0.05) is 24.6 Å². The Morgan fingerprint density at radius 2 is 1.92 bits per heavy atom. The van der Waals surface area contributed by atoms with E-state index in [1.807, 2.05) is 20.8 Å². The van der Waals surface area contributed by atoms with Gasteiger partial charge >= 0.3 is 0 Å². The van der Waals surface area contributed by atoms with E-state index in [1.54, 1.807) is 30.1 Å². The van der Waals surface area contributed by atoms with Gasteiger partial charge in [0.1, 0.15) is 0 Å². The lowest BCUT2D eigenvalue weighted by Gasteiger charge is -2.31. The molecule has 1 heterocycles. The molecule has 2 rings (SSSR count). The molecule has 7 heteroatoms. The molecule has 1 saturated heterocycles. The van der Waals surface area contributed by atoms with E-state index in [4.69, 9.17) is 11.6 Å². The van der Waals surface area contributed by atoms with Crippen molar-refractivity contribution in [3.05, 3.63) is 28.8 Å². The van der Waals surface area contributed by atoms with E-state index in [1.165, 1.54) is 0 Å². The molecule has 0 saturated carbocycles. The number of halogens is 2. The SMILES string of the molecule is CC(C(=O)Nc1cc(C(=O)N(C)C(C)C)ccc1Cl)C1CNC1.Cl. The Bertz CT molecular complexity index is 603. The Labute approximate surface area is 154 Å². The summed E-state index contributed by atoms with van der Waals surface area (Å²) in [6.45, 7) is 7.53. The molecule has 0 bridgehead atoms. The summed E-state index contributed by atoms with van der Waals surface area (Å²) in [5, 5.41) is 6.45. The second-order valence-corrected chi connectivity index (χ2v) is 6.81. The van der Waals surface area contributed by atoms with E-state index in [0.29, 0.717) is 22.2 Å². The molecule has 1 unspecified atom stereocenters. The van der Waals surface area contributed by atoms with Crippen molar-refractivity contribution < 1.29 is 9.59 Å². The van der Waals surface area contributed by atoms with E-state index >= 15 is 0 Å². The average molecular weight is 374 g/mol. The van der Waals surface area contributed by atoms with Crippen LogP contribution in [0.3, 0.4) is 0 Å². The highest BCUT2D eigenvalue weighted by molar-refractivity contribution is 6.33. The standard InChI is InChI=1S/C17H24ClN3O2.ClH/c1-10(2)21(4)17(23)12-5-6-14(18)15(7-12)20-16(22)11(3)13-8-19-9-13;/h5-7,10-11,13,19H,8-9H2,1-4H3,(H,20,22);1H. The predicted octanol–water partition coefficient (Wildman–Crippen LogP) is 3.04. The summed E-state index contributed by atoms with van der Waals surface area (Å²) < 4.78 is 0. The van der Waals surface area contributed by atoms with Crippen LogP contribution in [0.2, 0.25) is 5.02 Å². The maximum Gasteiger partial charge on any atom is 0.253 e. The number of carbonyl (C=O) groups excluding carboxylic acids is 2. The minimum absolute atomic E-state index is 0. The predicted molar refractivity (Wildman–Crippen MR) is 100 cm³/mol. The van der Waals surface area contributed by atoms with E-state index < -0.39 is 0 Å². The van der Waals surface area contributed by atoms with E-state index in [0.717, 1.165) is 13.1 Å². The van der Waals surface area contributed by atoms with E-state index in [-0.39, 0.29) is 36.2 Å². The molecule has 24 heavy (non-hydrogen) atoms. The summed E-state index contributed by atoms with van der Waals surface area (Å²) in [4.78, 5) is 26.4. The van der Waals surface area contributed by atoms with Crippen molar-refractivity contribution in [2.45, 2.75) is 26.8 Å². The van der Waals surface area contributed by atoms with Crippen molar-refractivity contribution in [1.29, 1.82) is 0 Å². The van der Waals surface area contributed by atoms with Crippen LogP contribution in [-0.4, -0.2) is 42.9 Å². The van der Waals surface area contributed by atoms with Crippen molar-refractivity contribution in [3.63, 3.8) is 0 Å². The highest BCUT2D eigenvalue weighted by Crippen LogP contribution is 2.26. The van der Waals surface area contributed by atoms with Gasteiger partial charge in [-0.2, -0.15) is 0 Å². The lowest BCUT2D eigenvalue weighted by Crippen LogP contribution is -2.48. The number of rotatable bonds is 5. The first-order valence-electron chi connectivity index (χ1n) is 7.89. The number of amides is 2. The molecule has 1 atom stereocenters. The van der Waals surface area contributed by atoms with Gasteiger partial charge in [-0.25, -0.2) is 0 Å². The number of nitrogens with zero attached hydrogens (tertiary/aromatic N) is 1. The third-order valence-electron chi connectivity index (χ3n) is 4.50. The molecular weight excluding hydrogens is 349 g/mol. The molecule has 1 aromatic carbocycles. The smallest absolute Gasteiger partial charge is 0.253 e. The van der Waals surface area contributed by atoms with Gasteiger partial charge in [-0.1, -0.05) is 18.5 Å². The third-order valence-corrected chi connectivity index (χ3v) is 4.83. The molecule has 1 fully saturated rings. The summed E-state index contributed by atoms with van der Waals surface area (Å²) in [7, 11) is 1.76. The molecule has 2 N–H and O–H groups in total. The first-order valence-corrected chi connectivity index (χ1v) is 8.27. The fourth-order valence-electron chi connectivity index (χ4n) is 2.32. The molecule has 0 radical (unpaired) electrons. The zero-order valence-electron chi connectivity index (χ0n) is 14.4. The zero-order chi connectivity index (χ0) is 17.1. The lowest BCUT2D eigenvalue weighted by molar-refractivity contribution is -0.121. The first kappa shape index (κ1) is 20.7. The fraction of sp³-hybridized carbons (Fsp3) is 0.529. The van der Waals surface area contributed by atoms with Gasteiger partial charge in [-0.3, -0.25) is 9.59 Å². The zero-order valence-corrected chi connectivity index (χ0v) is 16.0. The number of hydrogen-bond donors (Lipinski definition) is 2. The van der Waals surface area contributed by atoms with Gasteiger partial charge in [0.15, 0.2) is 0 Å². The maximum atomic E-state index is 12.4. The second kappa shape index (κ2) is 8.70. The lowest BCUT2D eigenvalue weighted by atomic mass is 9.88. The highest BCUT2D eigenvalue weighted by Gasteiger charge is 2.29. The topological polar surface area (TPSA) is 61.4 Å². The Morgan fingerprint density at radius 1 is 1.29 bits per heavy atom. The van der Waals surface area contributed by atoms with E-state index in [9.17, 15) is 9.59 Å². The summed E-state index contributed by atoms with van der Waals surface area (Å²) in [6, 6.07) is 5.07. The molecule has 2 amide bonds. The van der Waals surface area contributed by atoms with Gasteiger partial charge in [0.2, 0.25) is 5.91 Å². The minimum Gasteiger partial charge on any atom is -0.339 e. The van der Waals surface area contributed by atoms with E-state index in [2.05, 4.69) is 10.6 Å². The first-order chi connectivity index (χ1) is 10.8. The Morgan fingerprint density at radius 3 is 2.42 bits per heavy atom. The average Bonchev–Trinajstić information content (AvgIpc) is 2.45. The molecule has 1 aromatic rings. The van der Waals surface area contributed by atoms with Gasteiger partial charge < -0.3 is 15.5 Å². The second-order valence-electron chi connectivity index (χ2n) is 6.40. The van der Waals surface area contributed by atoms with Crippen molar-refractivity contribution in [3.8, 4) is 0 Å².